The fourth-order valence-corrected chi connectivity index (χ4v) is 4.16. The van der Waals surface area contributed by atoms with E-state index in [0.29, 0.717) is 27.9 Å². The van der Waals surface area contributed by atoms with Crippen molar-refractivity contribution in [2.24, 2.45) is 7.05 Å². The normalized spacial score (nSPS) is 10.8. The highest BCUT2D eigenvalue weighted by Crippen LogP contribution is 2.24. The Morgan fingerprint density at radius 3 is 2.24 bits per heavy atom. The summed E-state index contributed by atoms with van der Waals surface area (Å²) in [4.78, 5) is 36.1. The van der Waals surface area contributed by atoms with Crippen LogP contribution in [-0.2, 0) is 21.4 Å². The van der Waals surface area contributed by atoms with Crippen molar-refractivity contribution in [2.45, 2.75) is 5.16 Å². The van der Waals surface area contributed by atoms with Gasteiger partial charge in [-0.05, 0) is 60.2 Å². The first-order chi connectivity index (χ1) is 18.4. The zero-order valence-electron chi connectivity index (χ0n) is 20.8. The molecule has 0 saturated heterocycles. The van der Waals surface area contributed by atoms with Gasteiger partial charge in [-0.25, -0.2) is 4.79 Å². The molecule has 4 rings (SSSR count). The number of thioether (sulfide) groups is 1. The number of hydrogen-bond donors (Lipinski definition) is 2. The number of methoxy groups -OCH3 is 1. The van der Waals surface area contributed by atoms with E-state index in [9.17, 15) is 14.4 Å². The Bertz CT molecular complexity index is 1450. The Balaban J connectivity index is 1.31. The van der Waals surface area contributed by atoms with Crippen LogP contribution < -0.4 is 10.6 Å². The summed E-state index contributed by atoms with van der Waals surface area (Å²) in [5.74, 6) is -0.116. The number of carbonyl (C=O) groups is 3. The molecule has 0 fully saturated rings. The zero-order chi connectivity index (χ0) is 26.9. The van der Waals surface area contributed by atoms with Crippen LogP contribution in [0.4, 0.5) is 11.4 Å². The SMILES string of the molecule is COC(=O)c1ccc(NC(=O)CSc2nnc(-c3ccc(NC(=O)/C=C/c4ccccc4)cc3)n2C)cc1. The fraction of sp³-hybridized carbons (Fsp3) is 0.107. The van der Waals surface area contributed by atoms with Gasteiger partial charge in [-0.15, -0.1) is 10.2 Å². The van der Waals surface area contributed by atoms with E-state index in [1.54, 1.807) is 47.0 Å². The van der Waals surface area contributed by atoms with E-state index in [1.165, 1.54) is 24.9 Å². The minimum atomic E-state index is -0.438. The number of ether oxygens (including phenoxy) is 1. The summed E-state index contributed by atoms with van der Waals surface area (Å²) >= 11 is 1.26. The van der Waals surface area contributed by atoms with Gasteiger partial charge in [0.25, 0.3) is 0 Å². The van der Waals surface area contributed by atoms with E-state index < -0.39 is 5.97 Å². The number of anilines is 2. The molecular formula is C28H25N5O4S. The van der Waals surface area contributed by atoms with Crippen LogP contribution in [0, 0.1) is 0 Å². The number of aromatic nitrogens is 3. The quantitative estimate of drug-likeness (QED) is 0.185. The number of carbonyl (C=O) groups excluding carboxylic acids is 3. The van der Waals surface area contributed by atoms with Crippen molar-refractivity contribution in [2.75, 3.05) is 23.5 Å². The smallest absolute Gasteiger partial charge is 0.337 e. The highest BCUT2D eigenvalue weighted by Gasteiger charge is 2.14. The van der Waals surface area contributed by atoms with Gasteiger partial charge in [0.2, 0.25) is 11.8 Å². The first-order valence-electron chi connectivity index (χ1n) is 11.6. The maximum Gasteiger partial charge on any atom is 0.337 e. The molecule has 0 atom stereocenters. The lowest BCUT2D eigenvalue weighted by molar-refractivity contribution is -0.114. The van der Waals surface area contributed by atoms with Crippen LogP contribution in [0.2, 0.25) is 0 Å². The summed E-state index contributed by atoms with van der Waals surface area (Å²) in [6, 6.07) is 23.3. The number of hydrogen-bond acceptors (Lipinski definition) is 7. The molecule has 10 heteroatoms. The summed E-state index contributed by atoms with van der Waals surface area (Å²) in [6.45, 7) is 0. The summed E-state index contributed by atoms with van der Waals surface area (Å²) in [5.41, 5.74) is 3.40. The van der Waals surface area contributed by atoms with Crippen LogP contribution >= 0.6 is 11.8 Å². The first-order valence-corrected chi connectivity index (χ1v) is 12.6. The van der Waals surface area contributed by atoms with Crippen LogP contribution in [0.5, 0.6) is 0 Å². The molecule has 3 aromatic carbocycles. The lowest BCUT2D eigenvalue weighted by Gasteiger charge is -2.07. The van der Waals surface area contributed by atoms with Gasteiger partial charge < -0.3 is 19.9 Å². The molecule has 0 aliphatic heterocycles. The van der Waals surface area contributed by atoms with E-state index in [1.807, 2.05) is 49.5 Å². The summed E-state index contributed by atoms with van der Waals surface area (Å²) in [7, 11) is 3.14. The molecule has 2 N–H and O–H groups in total. The van der Waals surface area contributed by atoms with E-state index in [-0.39, 0.29) is 17.6 Å². The molecular weight excluding hydrogens is 502 g/mol. The lowest BCUT2D eigenvalue weighted by Crippen LogP contribution is -2.14. The first kappa shape index (κ1) is 26.4. The monoisotopic (exact) mass is 527 g/mol. The molecule has 2 amide bonds. The molecule has 4 aromatic rings. The minimum absolute atomic E-state index is 0.131. The molecule has 0 saturated carbocycles. The van der Waals surface area contributed by atoms with Gasteiger partial charge in [0.15, 0.2) is 11.0 Å². The van der Waals surface area contributed by atoms with E-state index in [2.05, 4.69) is 25.6 Å². The summed E-state index contributed by atoms with van der Waals surface area (Å²) < 4.78 is 6.47. The predicted molar refractivity (Wildman–Crippen MR) is 148 cm³/mol. The molecule has 0 bridgehead atoms. The molecule has 9 nitrogen and oxygen atoms in total. The molecule has 0 unspecified atom stereocenters. The van der Waals surface area contributed by atoms with Gasteiger partial charge in [-0.3, -0.25) is 9.59 Å². The predicted octanol–water partition coefficient (Wildman–Crippen LogP) is 4.65. The van der Waals surface area contributed by atoms with Gasteiger partial charge in [0, 0.05) is 30.1 Å². The zero-order valence-corrected chi connectivity index (χ0v) is 21.6. The second kappa shape index (κ2) is 12.5. The number of rotatable bonds is 9. The van der Waals surface area contributed by atoms with Crippen molar-refractivity contribution >= 4 is 47.0 Å². The van der Waals surface area contributed by atoms with Crippen molar-refractivity contribution in [3.8, 4) is 11.4 Å². The van der Waals surface area contributed by atoms with Crippen molar-refractivity contribution in [1.82, 2.24) is 14.8 Å². The molecule has 0 aliphatic carbocycles. The standard InChI is InChI=1S/C28H25N5O4S/c1-33-26(20-9-13-22(14-10-20)29-24(34)17-8-19-6-4-3-5-7-19)31-32-28(33)38-18-25(35)30-23-15-11-21(12-16-23)27(36)37-2/h3-17H,18H2,1-2H3,(H,29,34)(H,30,35)/b17-8+. The lowest BCUT2D eigenvalue weighted by atomic mass is 10.2. The van der Waals surface area contributed by atoms with Gasteiger partial charge in [-0.2, -0.15) is 0 Å². The Morgan fingerprint density at radius 2 is 1.55 bits per heavy atom. The number of amides is 2. The number of esters is 1. The maximum atomic E-state index is 12.4. The highest BCUT2D eigenvalue weighted by atomic mass is 32.2. The summed E-state index contributed by atoms with van der Waals surface area (Å²) in [5, 5.41) is 14.7. The Labute approximate surface area is 223 Å². The topological polar surface area (TPSA) is 115 Å². The van der Waals surface area contributed by atoms with Crippen LogP contribution in [0.3, 0.4) is 0 Å². The third-order valence-corrected chi connectivity index (χ3v) is 6.41. The summed E-state index contributed by atoms with van der Waals surface area (Å²) in [6.07, 6.45) is 3.24. The number of benzene rings is 3. The third kappa shape index (κ3) is 6.95. The van der Waals surface area contributed by atoms with E-state index >= 15 is 0 Å². The fourth-order valence-electron chi connectivity index (χ4n) is 3.45. The molecule has 1 aromatic heterocycles. The van der Waals surface area contributed by atoms with Crippen molar-refractivity contribution in [3.05, 3.63) is 96.1 Å². The minimum Gasteiger partial charge on any atom is -0.465 e. The Morgan fingerprint density at radius 1 is 0.895 bits per heavy atom. The largest absolute Gasteiger partial charge is 0.465 e. The van der Waals surface area contributed by atoms with Gasteiger partial charge in [0.05, 0.1) is 18.4 Å². The highest BCUT2D eigenvalue weighted by molar-refractivity contribution is 7.99. The molecule has 0 radical (unpaired) electrons. The second-order valence-corrected chi connectivity index (χ2v) is 9.02. The van der Waals surface area contributed by atoms with E-state index in [4.69, 9.17) is 0 Å². The van der Waals surface area contributed by atoms with Crippen LogP contribution in [0.25, 0.3) is 17.5 Å². The van der Waals surface area contributed by atoms with Gasteiger partial charge in [0.1, 0.15) is 0 Å². The number of nitrogens with zero attached hydrogens (tertiary/aromatic N) is 3. The molecule has 38 heavy (non-hydrogen) atoms. The Hall–Kier alpha value is -4.70. The number of nitrogens with one attached hydrogen (secondary N) is 2. The van der Waals surface area contributed by atoms with Crippen molar-refractivity contribution < 1.29 is 19.1 Å². The van der Waals surface area contributed by atoms with Crippen LogP contribution in [-0.4, -0.2) is 45.4 Å². The second-order valence-electron chi connectivity index (χ2n) is 8.08. The Kier molecular flexibility index (Phi) is 8.68. The average Bonchev–Trinajstić information content (AvgIpc) is 3.31. The van der Waals surface area contributed by atoms with Gasteiger partial charge in [-0.1, -0.05) is 42.1 Å². The molecule has 0 spiro atoms. The molecule has 192 valence electrons. The van der Waals surface area contributed by atoms with Crippen LogP contribution in [0.15, 0.2) is 90.1 Å². The third-order valence-electron chi connectivity index (χ3n) is 5.39. The van der Waals surface area contributed by atoms with E-state index in [0.717, 1.165) is 11.1 Å². The van der Waals surface area contributed by atoms with Crippen LogP contribution in [0.1, 0.15) is 15.9 Å². The molecule has 0 aliphatic rings. The van der Waals surface area contributed by atoms with Crippen molar-refractivity contribution in [3.63, 3.8) is 0 Å². The maximum absolute atomic E-state index is 12.4. The average molecular weight is 528 g/mol. The van der Waals surface area contributed by atoms with Gasteiger partial charge >= 0.3 is 5.97 Å². The van der Waals surface area contributed by atoms with Crippen molar-refractivity contribution in [1.29, 1.82) is 0 Å². The molecule has 1 heterocycles.